The lowest BCUT2D eigenvalue weighted by atomic mass is 10.2. The van der Waals surface area contributed by atoms with Crippen molar-refractivity contribution in [2.45, 2.75) is 30.3 Å². The Balaban J connectivity index is 2.26. The van der Waals surface area contributed by atoms with E-state index < -0.39 is 28.7 Å². The summed E-state index contributed by atoms with van der Waals surface area (Å²) in [5.74, 6) is -1.01. The zero-order chi connectivity index (χ0) is 18.0. The van der Waals surface area contributed by atoms with Gasteiger partial charge < -0.3 is 5.32 Å². The first-order chi connectivity index (χ1) is 11.1. The van der Waals surface area contributed by atoms with Crippen LogP contribution in [0.25, 0.3) is 0 Å². The van der Waals surface area contributed by atoms with E-state index in [4.69, 9.17) is 11.6 Å². The fraction of sp³-hybridized carbons (Fsp3) is 0.500. The molecule has 5 nitrogen and oxygen atoms in total. The van der Waals surface area contributed by atoms with E-state index in [2.05, 4.69) is 0 Å². The highest BCUT2D eigenvalue weighted by atomic mass is 35.5. The largest absolute Gasteiger partial charge is 0.405 e. The van der Waals surface area contributed by atoms with Crippen molar-refractivity contribution in [2.75, 3.05) is 19.6 Å². The van der Waals surface area contributed by atoms with Gasteiger partial charge in [-0.05, 0) is 31.0 Å². The Morgan fingerprint density at radius 3 is 2.42 bits per heavy atom. The molecule has 0 aromatic heterocycles. The monoisotopic (exact) mass is 384 g/mol. The SMILES string of the molecule is O=C(NCC(F)(F)F)c1ccc(Cl)c(S(=O)(=O)N2CCCCC2)c1. The van der Waals surface area contributed by atoms with Crippen LogP contribution in [0.15, 0.2) is 23.1 Å². The summed E-state index contributed by atoms with van der Waals surface area (Å²) in [6.45, 7) is -0.797. The van der Waals surface area contributed by atoms with Crippen LogP contribution in [0, 0.1) is 0 Å². The van der Waals surface area contributed by atoms with Gasteiger partial charge in [0.25, 0.3) is 5.91 Å². The van der Waals surface area contributed by atoms with Crippen molar-refractivity contribution in [2.24, 2.45) is 0 Å². The van der Waals surface area contributed by atoms with Gasteiger partial charge in [-0.1, -0.05) is 18.0 Å². The Hall–Kier alpha value is -1.32. The number of sulfonamides is 1. The Labute approximate surface area is 142 Å². The van der Waals surface area contributed by atoms with E-state index in [0.29, 0.717) is 13.1 Å². The average molecular weight is 385 g/mol. The maximum Gasteiger partial charge on any atom is 0.405 e. The highest BCUT2D eigenvalue weighted by Gasteiger charge is 2.30. The second kappa shape index (κ2) is 7.28. The van der Waals surface area contributed by atoms with Crippen LogP contribution >= 0.6 is 11.6 Å². The highest BCUT2D eigenvalue weighted by molar-refractivity contribution is 7.89. The first-order valence-electron chi connectivity index (χ1n) is 7.26. The van der Waals surface area contributed by atoms with E-state index >= 15 is 0 Å². The number of hydrogen-bond donors (Lipinski definition) is 1. The third-order valence-electron chi connectivity index (χ3n) is 3.58. The van der Waals surface area contributed by atoms with Gasteiger partial charge in [0, 0.05) is 18.7 Å². The van der Waals surface area contributed by atoms with Gasteiger partial charge >= 0.3 is 6.18 Å². The second-order valence-corrected chi connectivity index (χ2v) is 7.72. The fourth-order valence-electron chi connectivity index (χ4n) is 2.37. The lowest BCUT2D eigenvalue weighted by Gasteiger charge is -2.26. The minimum atomic E-state index is -4.55. The third-order valence-corrected chi connectivity index (χ3v) is 5.96. The topological polar surface area (TPSA) is 66.5 Å². The summed E-state index contributed by atoms with van der Waals surface area (Å²) in [6.07, 6.45) is -2.17. The average Bonchev–Trinajstić information content (AvgIpc) is 2.53. The molecule has 1 aliphatic heterocycles. The lowest BCUT2D eigenvalue weighted by Crippen LogP contribution is -2.36. The van der Waals surface area contributed by atoms with Crippen LogP contribution < -0.4 is 5.32 Å². The van der Waals surface area contributed by atoms with E-state index in [1.54, 1.807) is 5.32 Å². The van der Waals surface area contributed by atoms with Crippen LogP contribution in [0.3, 0.4) is 0 Å². The third kappa shape index (κ3) is 4.61. The molecule has 24 heavy (non-hydrogen) atoms. The normalized spacial score (nSPS) is 16.8. The first-order valence-corrected chi connectivity index (χ1v) is 9.08. The quantitative estimate of drug-likeness (QED) is 0.868. The van der Waals surface area contributed by atoms with Crippen LogP contribution in [0.1, 0.15) is 29.6 Å². The maximum absolute atomic E-state index is 12.6. The van der Waals surface area contributed by atoms with Crippen molar-refractivity contribution >= 4 is 27.5 Å². The second-order valence-electron chi connectivity index (χ2n) is 5.41. The number of piperidine rings is 1. The number of rotatable bonds is 4. The summed E-state index contributed by atoms with van der Waals surface area (Å²) < 4.78 is 63.0. The van der Waals surface area contributed by atoms with Crippen molar-refractivity contribution in [3.8, 4) is 0 Å². The van der Waals surface area contributed by atoms with Gasteiger partial charge in [0.2, 0.25) is 10.0 Å². The Morgan fingerprint density at radius 2 is 1.83 bits per heavy atom. The van der Waals surface area contributed by atoms with Gasteiger partial charge in [0.1, 0.15) is 11.4 Å². The van der Waals surface area contributed by atoms with Crippen LogP contribution in [-0.4, -0.2) is 44.4 Å². The predicted molar refractivity (Wildman–Crippen MR) is 82.5 cm³/mol. The lowest BCUT2D eigenvalue weighted by molar-refractivity contribution is -0.123. The molecule has 0 saturated carbocycles. The van der Waals surface area contributed by atoms with E-state index in [1.165, 1.54) is 16.4 Å². The summed E-state index contributed by atoms with van der Waals surface area (Å²) in [6, 6.07) is 3.39. The number of benzene rings is 1. The standard InChI is InChI=1S/C14H16ClF3N2O3S/c15-11-5-4-10(13(21)19-9-14(16,17)18)8-12(11)24(22,23)20-6-2-1-3-7-20/h4-5,8H,1-3,6-7,9H2,(H,19,21). The summed E-state index contributed by atoms with van der Waals surface area (Å²) in [7, 11) is -3.89. The van der Waals surface area contributed by atoms with E-state index in [-0.39, 0.29) is 15.5 Å². The maximum atomic E-state index is 12.6. The molecule has 1 heterocycles. The molecule has 1 amide bonds. The zero-order valence-electron chi connectivity index (χ0n) is 12.6. The Bertz CT molecular complexity index is 716. The number of amides is 1. The van der Waals surface area contributed by atoms with Crippen LogP contribution in [0.2, 0.25) is 5.02 Å². The van der Waals surface area contributed by atoms with E-state index in [9.17, 15) is 26.4 Å². The first kappa shape index (κ1) is 19.0. The number of nitrogens with one attached hydrogen (secondary N) is 1. The van der Waals surface area contributed by atoms with Crippen LogP contribution in [0.5, 0.6) is 0 Å². The van der Waals surface area contributed by atoms with Crippen molar-refractivity contribution in [1.82, 2.24) is 9.62 Å². The molecule has 0 unspecified atom stereocenters. The highest BCUT2D eigenvalue weighted by Crippen LogP contribution is 2.28. The minimum Gasteiger partial charge on any atom is -0.343 e. The fourth-order valence-corrected chi connectivity index (χ4v) is 4.39. The van der Waals surface area contributed by atoms with Crippen molar-refractivity contribution < 1.29 is 26.4 Å². The molecule has 134 valence electrons. The summed E-state index contributed by atoms with van der Waals surface area (Å²) >= 11 is 5.94. The van der Waals surface area contributed by atoms with Crippen LogP contribution in [-0.2, 0) is 10.0 Å². The van der Waals surface area contributed by atoms with Gasteiger partial charge in [-0.15, -0.1) is 0 Å². The van der Waals surface area contributed by atoms with Gasteiger partial charge in [-0.2, -0.15) is 17.5 Å². The van der Waals surface area contributed by atoms with Crippen LogP contribution in [0.4, 0.5) is 13.2 Å². The number of nitrogens with zero attached hydrogens (tertiary/aromatic N) is 1. The van der Waals surface area contributed by atoms with Gasteiger partial charge in [-0.3, -0.25) is 4.79 Å². The molecule has 1 fully saturated rings. The summed E-state index contributed by atoms with van der Waals surface area (Å²) in [5, 5.41) is 1.63. The Morgan fingerprint density at radius 1 is 1.21 bits per heavy atom. The number of halogens is 4. The van der Waals surface area contributed by atoms with Crippen molar-refractivity contribution in [1.29, 1.82) is 0 Å². The molecular weight excluding hydrogens is 369 g/mol. The van der Waals surface area contributed by atoms with Crippen molar-refractivity contribution in [3.63, 3.8) is 0 Å². The summed E-state index contributed by atoms with van der Waals surface area (Å²) in [4.78, 5) is 11.5. The molecule has 0 bridgehead atoms. The molecular formula is C14H16ClF3N2O3S. The molecule has 1 aromatic carbocycles. The predicted octanol–water partition coefficient (Wildman–Crippen LogP) is 2.81. The molecule has 2 rings (SSSR count). The number of carbonyl (C=O) groups excluding carboxylic acids is 1. The van der Waals surface area contributed by atoms with E-state index in [0.717, 1.165) is 25.3 Å². The zero-order valence-corrected chi connectivity index (χ0v) is 14.1. The molecule has 10 heteroatoms. The molecule has 0 spiro atoms. The smallest absolute Gasteiger partial charge is 0.343 e. The molecule has 1 aromatic rings. The van der Waals surface area contributed by atoms with Gasteiger partial charge in [0.15, 0.2) is 0 Å². The molecule has 1 saturated heterocycles. The number of alkyl halides is 3. The summed E-state index contributed by atoms with van der Waals surface area (Å²) in [5.41, 5.74) is -0.195. The Kier molecular flexibility index (Phi) is 5.77. The molecule has 0 radical (unpaired) electrons. The minimum absolute atomic E-state index is 0.0760. The van der Waals surface area contributed by atoms with Gasteiger partial charge in [0.05, 0.1) is 5.02 Å². The molecule has 1 aliphatic rings. The van der Waals surface area contributed by atoms with Gasteiger partial charge in [-0.25, -0.2) is 8.42 Å². The molecule has 1 N–H and O–H groups in total. The molecule has 0 atom stereocenters. The van der Waals surface area contributed by atoms with Crippen molar-refractivity contribution in [3.05, 3.63) is 28.8 Å². The number of hydrogen-bond acceptors (Lipinski definition) is 3. The molecule has 0 aliphatic carbocycles. The number of carbonyl (C=O) groups is 1. The van der Waals surface area contributed by atoms with E-state index in [1.807, 2.05) is 0 Å².